The number of piperidine rings is 1. The zero-order valence-corrected chi connectivity index (χ0v) is 18.5. The first-order chi connectivity index (χ1) is 15.4. The number of hydrogen-bond acceptors (Lipinski definition) is 7. The molecule has 2 aliphatic heterocycles. The Kier molecular flexibility index (Phi) is 7.32. The number of benzene rings is 1. The van der Waals surface area contributed by atoms with Gasteiger partial charge in [0.25, 0.3) is 0 Å². The number of esters is 1. The third kappa shape index (κ3) is 5.46. The van der Waals surface area contributed by atoms with E-state index in [1.54, 1.807) is 6.92 Å². The van der Waals surface area contributed by atoms with E-state index >= 15 is 0 Å². The summed E-state index contributed by atoms with van der Waals surface area (Å²) in [6.45, 7) is 1.26. The number of halogens is 5. The molecule has 0 radical (unpaired) electrons. The van der Waals surface area contributed by atoms with Gasteiger partial charge in [0.2, 0.25) is 17.7 Å². The second-order valence-electron chi connectivity index (χ2n) is 6.99. The highest BCUT2D eigenvalue weighted by molar-refractivity contribution is 8.15. The van der Waals surface area contributed by atoms with Crippen LogP contribution in [0.1, 0.15) is 19.8 Å². The van der Waals surface area contributed by atoms with E-state index < -0.39 is 66.7 Å². The molecular formula is C19H16ClF4N3O5S. The monoisotopic (exact) mass is 509 g/mol. The lowest BCUT2D eigenvalue weighted by atomic mass is 9.94. The largest absolute Gasteiger partial charge is 0.465 e. The molecule has 2 aliphatic rings. The van der Waals surface area contributed by atoms with E-state index in [0.717, 1.165) is 28.8 Å². The number of rotatable bonds is 5. The van der Waals surface area contributed by atoms with E-state index in [2.05, 4.69) is 4.99 Å². The van der Waals surface area contributed by atoms with E-state index in [9.17, 15) is 36.7 Å². The molecule has 33 heavy (non-hydrogen) atoms. The third-order valence-electron chi connectivity index (χ3n) is 4.73. The summed E-state index contributed by atoms with van der Waals surface area (Å²) in [6, 6.07) is 1.68. The van der Waals surface area contributed by atoms with Crippen LogP contribution in [0.5, 0.6) is 0 Å². The van der Waals surface area contributed by atoms with Crippen LogP contribution in [-0.2, 0) is 23.9 Å². The van der Waals surface area contributed by atoms with Gasteiger partial charge < -0.3 is 4.74 Å². The van der Waals surface area contributed by atoms with Crippen LogP contribution in [0.25, 0.3) is 0 Å². The van der Waals surface area contributed by atoms with Crippen molar-refractivity contribution >= 4 is 63.6 Å². The maximum Gasteiger partial charge on any atom is 0.392 e. The summed E-state index contributed by atoms with van der Waals surface area (Å²) in [6.07, 6.45) is -6.78. The third-order valence-corrected chi connectivity index (χ3v) is 5.99. The van der Waals surface area contributed by atoms with Gasteiger partial charge in [-0.1, -0.05) is 23.4 Å². The van der Waals surface area contributed by atoms with E-state index in [-0.39, 0.29) is 28.2 Å². The summed E-state index contributed by atoms with van der Waals surface area (Å²) < 4.78 is 58.2. The maximum absolute atomic E-state index is 14.6. The first kappa shape index (κ1) is 25.0. The molecule has 0 spiro atoms. The highest BCUT2D eigenvalue weighted by Gasteiger charge is 2.48. The molecule has 1 aromatic carbocycles. The van der Waals surface area contributed by atoms with Crippen LogP contribution < -0.4 is 4.90 Å². The molecule has 14 heteroatoms. The van der Waals surface area contributed by atoms with Gasteiger partial charge in [0.15, 0.2) is 5.17 Å². The second-order valence-corrected chi connectivity index (χ2v) is 8.34. The van der Waals surface area contributed by atoms with Crippen LogP contribution >= 0.6 is 23.4 Å². The van der Waals surface area contributed by atoms with Crippen LogP contribution in [0, 0.1) is 11.7 Å². The minimum Gasteiger partial charge on any atom is -0.465 e. The molecule has 1 aromatic rings. The number of hydrogen-bond donors (Lipinski definition) is 0. The van der Waals surface area contributed by atoms with Gasteiger partial charge in [-0.05, 0) is 19.1 Å². The SMILES string of the molecule is CCOC(=O)CN1C(=O)CSC1=Nc1cc(N2C(=O)CC(C(F)(F)F)CC2=O)c(F)cc1Cl. The van der Waals surface area contributed by atoms with Gasteiger partial charge in [-0.3, -0.25) is 24.1 Å². The topological polar surface area (TPSA) is 96.3 Å². The Labute approximate surface area is 193 Å². The van der Waals surface area contributed by atoms with Crippen LogP contribution in [0.3, 0.4) is 0 Å². The van der Waals surface area contributed by atoms with Gasteiger partial charge in [0, 0.05) is 12.8 Å². The summed E-state index contributed by atoms with van der Waals surface area (Å²) in [4.78, 5) is 54.0. The molecule has 0 bridgehead atoms. The van der Waals surface area contributed by atoms with Gasteiger partial charge in [0.1, 0.15) is 12.4 Å². The molecule has 2 fully saturated rings. The Hall–Kier alpha value is -2.67. The molecule has 0 unspecified atom stereocenters. The molecular weight excluding hydrogens is 494 g/mol. The number of carbonyl (C=O) groups excluding carboxylic acids is 4. The van der Waals surface area contributed by atoms with Crippen molar-refractivity contribution in [2.45, 2.75) is 25.9 Å². The van der Waals surface area contributed by atoms with Crippen molar-refractivity contribution < 1.29 is 41.5 Å². The summed E-state index contributed by atoms with van der Waals surface area (Å²) in [7, 11) is 0. The average Bonchev–Trinajstić information content (AvgIpc) is 3.03. The Balaban J connectivity index is 1.93. The Morgan fingerprint density at radius 3 is 2.42 bits per heavy atom. The molecule has 3 amide bonds. The summed E-state index contributed by atoms with van der Waals surface area (Å²) in [5.74, 6) is -6.87. The number of ether oxygens (including phenoxy) is 1. The molecule has 0 saturated carbocycles. The van der Waals surface area contributed by atoms with Crippen LogP contribution in [0.15, 0.2) is 17.1 Å². The van der Waals surface area contributed by atoms with Crippen molar-refractivity contribution in [3.8, 4) is 0 Å². The fourth-order valence-electron chi connectivity index (χ4n) is 3.18. The number of thioether (sulfide) groups is 1. The maximum atomic E-state index is 14.6. The fraction of sp³-hybridized carbons (Fsp3) is 0.421. The standard InChI is InChI=1S/C19H16ClF4N3O5S/c1-2-32-17(31)7-26-16(30)8-33-18(26)25-12-6-13(11(21)5-10(12)20)27-14(28)3-9(4-15(27)29)19(22,23)24/h5-6,9H,2-4,7-8H2,1H3. The van der Waals surface area contributed by atoms with Crippen molar-refractivity contribution in [2.75, 3.05) is 23.8 Å². The fourth-order valence-corrected chi connectivity index (χ4v) is 4.26. The number of alkyl halides is 3. The van der Waals surface area contributed by atoms with E-state index in [1.807, 2.05) is 0 Å². The lowest BCUT2D eigenvalue weighted by molar-refractivity contribution is -0.185. The smallest absolute Gasteiger partial charge is 0.392 e. The molecule has 0 aromatic heterocycles. The van der Waals surface area contributed by atoms with Crippen molar-refractivity contribution in [3.63, 3.8) is 0 Å². The normalized spacial score (nSPS) is 19.1. The highest BCUT2D eigenvalue weighted by atomic mass is 35.5. The molecule has 178 valence electrons. The van der Waals surface area contributed by atoms with Crippen molar-refractivity contribution in [3.05, 3.63) is 23.0 Å². The first-order valence-corrected chi connectivity index (χ1v) is 10.9. The number of amidine groups is 1. The predicted octanol–water partition coefficient (Wildman–Crippen LogP) is 3.44. The molecule has 2 heterocycles. The van der Waals surface area contributed by atoms with Gasteiger partial charge in [0.05, 0.1) is 34.7 Å². The number of aliphatic imine (C=N–C) groups is 1. The number of carbonyl (C=O) groups is 4. The molecule has 0 N–H and O–H groups in total. The summed E-state index contributed by atoms with van der Waals surface area (Å²) in [5, 5.41) is -0.203. The number of amides is 3. The Morgan fingerprint density at radius 2 is 1.85 bits per heavy atom. The van der Waals surface area contributed by atoms with Gasteiger partial charge in [-0.25, -0.2) is 14.3 Å². The van der Waals surface area contributed by atoms with Crippen LogP contribution in [-0.4, -0.2) is 58.8 Å². The van der Waals surface area contributed by atoms with Gasteiger partial charge in [-0.2, -0.15) is 13.2 Å². The van der Waals surface area contributed by atoms with E-state index in [1.165, 1.54) is 0 Å². The zero-order chi connectivity index (χ0) is 24.5. The lowest BCUT2D eigenvalue weighted by Gasteiger charge is -2.31. The Morgan fingerprint density at radius 1 is 1.21 bits per heavy atom. The van der Waals surface area contributed by atoms with Crippen LogP contribution in [0.4, 0.5) is 28.9 Å². The zero-order valence-electron chi connectivity index (χ0n) is 16.9. The average molecular weight is 510 g/mol. The molecule has 0 atom stereocenters. The minimum absolute atomic E-state index is 0.0359. The number of imide groups is 1. The number of anilines is 1. The van der Waals surface area contributed by atoms with Crippen LogP contribution in [0.2, 0.25) is 5.02 Å². The van der Waals surface area contributed by atoms with E-state index in [0.29, 0.717) is 4.90 Å². The van der Waals surface area contributed by atoms with Crippen molar-refractivity contribution in [1.82, 2.24) is 4.90 Å². The van der Waals surface area contributed by atoms with Gasteiger partial charge in [-0.15, -0.1) is 0 Å². The van der Waals surface area contributed by atoms with Crippen molar-refractivity contribution in [1.29, 1.82) is 0 Å². The van der Waals surface area contributed by atoms with E-state index in [4.69, 9.17) is 16.3 Å². The molecule has 8 nitrogen and oxygen atoms in total. The molecule has 0 aliphatic carbocycles. The number of nitrogens with zero attached hydrogens (tertiary/aromatic N) is 3. The minimum atomic E-state index is -4.75. The first-order valence-electron chi connectivity index (χ1n) is 9.51. The Bertz CT molecular complexity index is 1030. The molecule has 2 saturated heterocycles. The summed E-state index contributed by atoms with van der Waals surface area (Å²) in [5.41, 5.74) is -0.765. The summed E-state index contributed by atoms with van der Waals surface area (Å²) >= 11 is 6.99. The lowest BCUT2D eigenvalue weighted by Crippen LogP contribution is -2.47. The quantitative estimate of drug-likeness (QED) is 0.343. The highest BCUT2D eigenvalue weighted by Crippen LogP contribution is 2.40. The van der Waals surface area contributed by atoms with Crippen molar-refractivity contribution in [2.24, 2.45) is 10.9 Å². The second kappa shape index (κ2) is 9.67. The molecule has 3 rings (SSSR count). The predicted molar refractivity (Wildman–Crippen MR) is 111 cm³/mol. The van der Waals surface area contributed by atoms with Gasteiger partial charge >= 0.3 is 12.1 Å².